The van der Waals surface area contributed by atoms with Crippen molar-refractivity contribution < 1.29 is 9.15 Å². The maximum Gasteiger partial charge on any atom is 0.138 e. The molecule has 0 bridgehead atoms. The lowest BCUT2D eigenvalue weighted by molar-refractivity contribution is 0.436. The van der Waals surface area contributed by atoms with E-state index in [2.05, 4.69) is 283 Å². The number of hydrogen-bond acceptors (Lipinski definition) is 6. The van der Waals surface area contributed by atoms with Gasteiger partial charge in [-0.15, -0.1) is 22.7 Å². The molecule has 0 saturated carbocycles. The Bertz CT molecular complexity index is 5440. The Labute approximate surface area is 508 Å². The van der Waals surface area contributed by atoms with Crippen LogP contribution in [-0.4, -0.2) is 0 Å². The van der Waals surface area contributed by atoms with E-state index in [1.54, 1.807) is 0 Å². The fraction of sp³-hybridized carbons (Fsp3) is 0.0127. The molecule has 0 radical (unpaired) electrons. The van der Waals surface area contributed by atoms with Crippen LogP contribution in [0.2, 0.25) is 5.02 Å². The van der Waals surface area contributed by atoms with E-state index in [0.29, 0.717) is 10.8 Å². The van der Waals surface area contributed by atoms with Crippen molar-refractivity contribution in [1.82, 2.24) is 0 Å². The third-order valence-corrected chi connectivity index (χ3v) is 20.2. The van der Waals surface area contributed by atoms with Crippen LogP contribution in [0.5, 0.6) is 11.5 Å². The van der Waals surface area contributed by atoms with Crippen LogP contribution in [0.15, 0.2) is 290 Å². The smallest absolute Gasteiger partial charge is 0.138 e. The molecule has 0 amide bonds. The summed E-state index contributed by atoms with van der Waals surface area (Å²) in [5, 5.41) is 7.77. The largest absolute Gasteiger partial charge is 0.457 e. The molecule has 3 aromatic heterocycles. The molecule has 13 aromatic carbocycles. The van der Waals surface area contributed by atoms with Crippen molar-refractivity contribution in [2.24, 2.45) is 0 Å². The first-order chi connectivity index (χ1) is 42.5. The summed E-state index contributed by atoms with van der Waals surface area (Å²) < 4.78 is 19.2. The van der Waals surface area contributed by atoms with Crippen LogP contribution in [0.3, 0.4) is 0 Å². The Kier molecular flexibility index (Phi) is 11.0. The summed E-state index contributed by atoms with van der Waals surface area (Å²) in [5.74, 6) is 1.47. The van der Waals surface area contributed by atoms with Crippen molar-refractivity contribution in [2.45, 2.75) is 5.41 Å². The third-order valence-electron chi connectivity index (χ3n) is 17.7. The Hall–Kier alpha value is -10.2. The molecule has 16 aromatic rings. The lowest BCUT2D eigenvalue weighted by Gasteiger charge is -2.40. The third kappa shape index (κ3) is 7.34. The summed E-state index contributed by atoms with van der Waals surface area (Å²) in [7, 11) is 0. The van der Waals surface area contributed by atoms with Crippen LogP contribution in [0.25, 0.3) is 95.7 Å². The first-order valence-electron chi connectivity index (χ1n) is 29.0. The van der Waals surface area contributed by atoms with Gasteiger partial charge in [-0.3, -0.25) is 0 Å². The topological polar surface area (TPSA) is 28.9 Å². The highest BCUT2D eigenvalue weighted by Gasteiger charge is 2.52. The average molecular weight is 1160 g/mol. The Morgan fingerprint density at radius 1 is 0.326 bits per heavy atom. The zero-order valence-corrected chi connectivity index (χ0v) is 48.4. The van der Waals surface area contributed by atoms with Gasteiger partial charge in [-0.2, -0.15) is 0 Å². The van der Waals surface area contributed by atoms with Crippen LogP contribution in [-0.2, 0) is 5.41 Å². The monoisotopic (exact) mass is 1150 g/mol. The number of hydrogen-bond donors (Lipinski definition) is 0. The standard InChI is InChI=1S/C79H47ClN2O2S2/c80-50-35-38-64-69(41-50)84-70-45-53(81(51-23-8-3-9-24-51)55-44-61(49-21-6-2-7-22-49)77-59-28-13-17-34-73(59)86-75(77)47-55)36-39-65(70)79(64)63-29-14-10-26-57(63)78-66(79)30-18-31-67(78)82(52-37-40-74-62(42-52)56-25-12-16-33-72(56)85-74)54-43-60(48-19-4-1-5-20-48)76-58-27-11-15-32-68(58)83-71(76)46-54/h1-47H. The molecule has 0 saturated heterocycles. The van der Waals surface area contributed by atoms with E-state index in [9.17, 15) is 0 Å². The fourth-order valence-electron chi connectivity index (χ4n) is 14.2. The van der Waals surface area contributed by atoms with Gasteiger partial charge in [0.05, 0.1) is 16.8 Å². The molecule has 86 heavy (non-hydrogen) atoms. The lowest BCUT2D eigenvalue weighted by Crippen LogP contribution is -2.32. The lowest BCUT2D eigenvalue weighted by atomic mass is 9.66. The number of rotatable bonds is 8. The average Bonchev–Trinajstić information content (AvgIpc) is 1.49. The van der Waals surface area contributed by atoms with Gasteiger partial charge in [0, 0.05) is 108 Å². The van der Waals surface area contributed by atoms with Gasteiger partial charge in [0.25, 0.3) is 0 Å². The molecule has 1 atom stereocenters. The number of furan rings is 1. The van der Waals surface area contributed by atoms with E-state index >= 15 is 0 Å². The molecule has 0 N–H and O–H groups in total. The van der Waals surface area contributed by atoms with Crippen LogP contribution in [0.1, 0.15) is 22.3 Å². The van der Waals surface area contributed by atoms with Crippen molar-refractivity contribution in [1.29, 1.82) is 0 Å². The summed E-state index contributed by atoms with van der Waals surface area (Å²) in [6.45, 7) is 0. The summed E-state index contributed by atoms with van der Waals surface area (Å²) in [6, 6.07) is 103. The Morgan fingerprint density at radius 3 is 1.70 bits per heavy atom. The summed E-state index contributed by atoms with van der Waals surface area (Å²) in [6.07, 6.45) is 0. The molecule has 404 valence electrons. The van der Waals surface area contributed by atoms with Gasteiger partial charge >= 0.3 is 0 Å². The van der Waals surface area contributed by atoms with Gasteiger partial charge in [0.2, 0.25) is 0 Å². The minimum atomic E-state index is -0.834. The number of benzene rings is 13. The van der Waals surface area contributed by atoms with Crippen LogP contribution in [0.4, 0.5) is 34.1 Å². The molecule has 2 aliphatic rings. The number of thiophene rings is 2. The predicted octanol–water partition coefficient (Wildman–Crippen LogP) is 23.7. The molecule has 18 rings (SSSR count). The Morgan fingerprint density at radius 2 is 0.907 bits per heavy atom. The minimum absolute atomic E-state index is 0.604. The molecule has 4 nitrogen and oxygen atoms in total. The summed E-state index contributed by atoms with van der Waals surface area (Å²) in [4.78, 5) is 4.85. The second-order valence-electron chi connectivity index (χ2n) is 22.4. The maximum absolute atomic E-state index is 7.32. The summed E-state index contributed by atoms with van der Waals surface area (Å²) >= 11 is 10.8. The zero-order chi connectivity index (χ0) is 56.6. The normalized spacial score (nSPS) is 14.0. The van der Waals surface area contributed by atoms with Crippen LogP contribution < -0.4 is 14.5 Å². The van der Waals surface area contributed by atoms with Gasteiger partial charge in [-0.05, 0) is 130 Å². The SMILES string of the molecule is Clc1ccc2c(c1)Oc1cc(N(c3ccccc3)c3cc(-c4ccccc4)c4c(c3)sc3ccccc34)ccc1C21c2ccccc2-c2c(N(c3cc(-c4ccccc4)c4c(c3)oc3ccccc34)c3ccc4sc5ccccc5c4c3)cccc21. The van der Waals surface area contributed by atoms with Crippen molar-refractivity contribution in [2.75, 3.05) is 9.80 Å². The molecule has 4 heterocycles. The maximum atomic E-state index is 7.32. The first-order valence-corrected chi connectivity index (χ1v) is 31.0. The van der Waals surface area contributed by atoms with Crippen molar-refractivity contribution in [3.8, 4) is 44.9 Å². The number of nitrogens with zero attached hydrogens (tertiary/aromatic N) is 2. The van der Waals surface area contributed by atoms with E-state index < -0.39 is 5.41 Å². The molecule has 0 fully saturated rings. The summed E-state index contributed by atoms with van der Waals surface area (Å²) in [5.41, 5.74) is 18.2. The number of anilines is 6. The van der Waals surface area contributed by atoms with Crippen molar-refractivity contribution in [3.05, 3.63) is 312 Å². The highest BCUT2D eigenvalue weighted by atomic mass is 35.5. The second kappa shape index (κ2) is 19.2. The second-order valence-corrected chi connectivity index (χ2v) is 25.0. The molecular formula is C79H47ClN2O2S2. The minimum Gasteiger partial charge on any atom is -0.457 e. The molecule has 1 aliphatic carbocycles. The van der Waals surface area contributed by atoms with E-state index in [1.165, 1.54) is 57.0 Å². The van der Waals surface area contributed by atoms with Gasteiger partial charge < -0.3 is 19.0 Å². The molecule has 7 heteroatoms. The molecule has 1 spiro atoms. The van der Waals surface area contributed by atoms with Gasteiger partial charge in [-0.1, -0.05) is 194 Å². The predicted molar refractivity (Wildman–Crippen MR) is 362 cm³/mol. The van der Waals surface area contributed by atoms with Gasteiger partial charge in [-0.25, -0.2) is 0 Å². The highest BCUT2D eigenvalue weighted by Crippen LogP contribution is 2.65. The number of para-hydroxylation sites is 2. The van der Waals surface area contributed by atoms with Crippen molar-refractivity contribution in [3.63, 3.8) is 0 Å². The van der Waals surface area contributed by atoms with E-state index in [1.807, 2.05) is 34.8 Å². The number of ether oxygens (including phenoxy) is 1. The molecule has 1 unspecified atom stereocenters. The number of fused-ring (bicyclic) bond motifs is 18. The van der Waals surface area contributed by atoms with Crippen LogP contribution >= 0.6 is 34.3 Å². The first kappa shape index (κ1) is 49.2. The van der Waals surface area contributed by atoms with Gasteiger partial charge in [0.1, 0.15) is 22.7 Å². The zero-order valence-electron chi connectivity index (χ0n) is 46.0. The highest BCUT2D eigenvalue weighted by molar-refractivity contribution is 7.26. The Balaban J connectivity index is 0.888. The fourth-order valence-corrected chi connectivity index (χ4v) is 16.6. The van der Waals surface area contributed by atoms with E-state index in [-0.39, 0.29) is 0 Å². The van der Waals surface area contributed by atoms with Gasteiger partial charge in [0.15, 0.2) is 0 Å². The van der Waals surface area contributed by atoms with Crippen LogP contribution in [0, 0.1) is 0 Å². The van der Waals surface area contributed by atoms with E-state index in [4.69, 9.17) is 20.8 Å². The van der Waals surface area contributed by atoms with E-state index in [0.717, 1.165) is 101 Å². The molecule has 1 aliphatic heterocycles. The molecular weight excluding hydrogens is 1110 g/mol. The van der Waals surface area contributed by atoms with Crippen molar-refractivity contribution >= 4 is 131 Å². The quantitative estimate of drug-likeness (QED) is 0.152. The number of halogens is 1.